The first-order valence-corrected chi connectivity index (χ1v) is 7.03. The fourth-order valence-corrected chi connectivity index (χ4v) is 2.49. The van der Waals surface area contributed by atoms with Crippen LogP contribution in [0.3, 0.4) is 0 Å². The second kappa shape index (κ2) is 5.93. The summed E-state index contributed by atoms with van der Waals surface area (Å²) in [4.78, 5) is 4.34. The fraction of sp³-hybridized carbons (Fsp3) is 0.118. The first-order chi connectivity index (χ1) is 9.84. The molecule has 0 saturated carbocycles. The standard InChI is InChI=1S/C17H15ClN2/c18-15-8-9-16(14-7-4-11-20-17(14)15)19-12-10-13-5-2-1-3-6-13/h1-9,11,19H,10,12H2. The molecule has 100 valence electrons. The highest BCUT2D eigenvalue weighted by Crippen LogP contribution is 2.27. The second-order valence-electron chi connectivity index (χ2n) is 4.66. The van der Waals surface area contributed by atoms with Gasteiger partial charge in [0, 0.05) is 23.8 Å². The van der Waals surface area contributed by atoms with Gasteiger partial charge in [-0.3, -0.25) is 4.98 Å². The van der Waals surface area contributed by atoms with Crippen LogP contribution in [0.1, 0.15) is 5.56 Å². The van der Waals surface area contributed by atoms with Gasteiger partial charge in [0.05, 0.1) is 10.5 Å². The molecule has 0 aliphatic carbocycles. The molecule has 3 heteroatoms. The third-order valence-electron chi connectivity index (χ3n) is 3.29. The first kappa shape index (κ1) is 12.9. The van der Waals surface area contributed by atoms with Crippen LogP contribution in [-0.2, 0) is 6.42 Å². The Kier molecular flexibility index (Phi) is 3.84. The topological polar surface area (TPSA) is 24.9 Å². The summed E-state index contributed by atoms with van der Waals surface area (Å²) in [6.45, 7) is 0.885. The van der Waals surface area contributed by atoms with Crippen molar-refractivity contribution in [3.63, 3.8) is 0 Å². The molecule has 20 heavy (non-hydrogen) atoms. The number of pyridine rings is 1. The predicted molar refractivity (Wildman–Crippen MR) is 85.4 cm³/mol. The lowest BCUT2D eigenvalue weighted by atomic mass is 10.1. The zero-order valence-corrected chi connectivity index (χ0v) is 11.8. The summed E-state index contributed by atoms with van der Waals surface area (Å²) in [5.41, 5.74) is 3.25. The highest BCUT2D eigenvalue weighted by atomic mass is 35.5. The number of fused-ring (bicyclic) bond motifs is 1. The Labute approximate surface area is 123 Å². The fourth-order valence-electron chi connectivity index (χ4n) is 2.28. The second-order valence-corrected chi connectivity index (χ2v) is 5.06. The van der Waals surface area contributed by atoms with E-state index in [9.17, 15) is 0 Å². The normalized spacial score (nSPS) is 10.7. The molecule has 0 spiro atoms. The van der Waals surface area contributed by atoms with E-state index in [1.165, 1.54) is 5.56 Å². The third kappa shape index (κ3) is 2.75. The molecule has 0 aliphatic heterocycles. The molecule has 2 aromatic carbocycles. The lowest BCUT2D eigenvalue weighted by Gasteiger charge is -2.10. The molecule has 2 nitrogen and oxygen atoms in total. The number of nitrogens with zero attached hydrogens (tertiary/aromatic N) is 1. The number of nitrogens with one attached hydrogen (secondary N) is 1. The minimum Gasteiger partial charge on any atom is -0.384 e. The van der Waals surface area contributed by atoms with E-state index in [4.69, 9.17) is 11.6 Å². The number of hydrogen-bond donors (Lipinski definition) is 1. The molecule has 1 aromatic heterocycles. The van der Waals surface area contributed by atoms with Gasteiger partial charge < -0.3 is 5.32 Å². The van der Waals surface area contributed by atoms with Gasteiger partial charge in [-0.2, -0.15) is 0 Å². The molecule has 0 aliphatic rings. The van der Waals surface area contributed by atoms with Gasteiger partial charge in [0.1, 0.15) is 0 Å². The summed E-state index contributed by atoms with van der Waals surface area (Å²) in [5, 5.41) is 5.22. The minimum atomic E-state index is 0.689. The molecule has 1 heterocycles. The van der Waals surface area contributed by atoms with Gasteiger partial charge in [0.25, 0.3) is 0 Å². The molecule has 0 saturated heterocycles. The Balaban J connectivity index is 1.77. The zero-order valence-electron chi connectivity index (χ0n) is 11.0. The lowest BCUT2D eigenvalue weighted by molar-refractivity contribution is 1.02. The largest absolute Gasteiger partial charge is 0.384 e. The summed E-state index contributed by atoms with van der Waals surface area (Å²) < 4.78 is 0. The molecule has 0 fully saturated rings. The maximum absolute atomic E-state index is 6.17. The van der Waals surface area contributed by atoms with Crippen molar-refractivity contribution < 1.29 is 0 Å². The molecule has 0 radical (unpaired) electrons. The number of benzene rings is 2. The SMILES string of the molecule is Clc1ccc(NCCc2ccccc2)c2cccnc12. The number of rotatable bonds is 4. The van der Waals surface area contributed by atoms with Crippen LogP contribution in [0.25, 0.3) is 10.9 Å². The van der Waals surface area contributed by atoms with Gasteiger partial charge in [0.2, 0.25) is 0 Å². The highest BCUT2D eigenvalue weighted by molar-refractivity contribution is 6.35. The predicted octanol–water partition coefficient (Wildman–Crippen LogP) is 4.54. The van der Waals surface area contributed by atoms with Crippen LogP contribution in [0.15, 0.2) is 60.8 Å². The Hall–Kier alpha value is -2.06. The van der Waals surface area contributed by atoms with Crippen molar-refractivity contribution in [1.82, 2.24) is 4.98 Å². The van der Waals surface area contributed by atoms with E-state index >= 15 is 0 Å². The third-order valence-corrected chi connectivity index (χ3v) is 3.60. The lowest BCUT2D eigenvalue weighted by Crippen LogP contribution is -2.05. The van der Waals surface area contributed by atoms with Crippen LogP contribution in [0, 0.1) is 0 Å². The number of aromatic nitrogens is 1. The molecular weight excluding hydrogens is 268 g/mol. The van der Waals surface area contributed by atoms with E-state index in [1.54, 1.807) is 6.20 Å². The van der Waals surface area contributed by atoms with E-state index in [0.717, 1.165) is 29.6 Å². The van der Waals surface area contributed by atoms with Crippen molar-refractivity contribution in [2.24, 2.45) is 0 Å². The highest BCUT2D eigenvalue weighted by Gasteiger charge is 2.04. The van der Waals surface area contributed by atoms with E-state index in [-0.39, 0.29) is 0 Å². The van der Waals surface area contributed by atoms with E-state index in [2.05, 4.69) is 34.6 Å². The summed E-state index contributed by atoms with van der Waals surface area (Å²) in [7, 11) is 0. The number of anilines is 1. The summed E-state index contributed by atoms with van der Waals surface area (Å²) in [5.74, 6) is 0. The van der Waals surface area contributed by atoms with Gasteiger partial charge in [-0.05, 0) is 36.2 Å². The van der Waals surface area contributed by atoms with Crippen molar-refractivity contribution in [2.45, 2.75) is 6.42 Å². The molecule has 0 bridgehead atoms. The monoisotopic (exact) mass is 282 g/mol. The maximum Gasteiger partial charge on any atom is 0.0908 e. The molecule has 0 atom stereocenters. The first-order valence-electron chi connectivity index (χ1n) is 6.65. The molecule has 0 amide bonds. The average molecular weight is 283 g/mol. The quantitative estimate of drug-likeness (QED) is 0.760. The van der Waals surface area contributed by atoms with Gasteiger partial charge in [0.15, 0.2) is 0 Å². The van der Waals surface area contributed by atoms with Crippen LogP contribution < -0.4 is 5.32 Å². The van der Waals surface area contributed by atoms with E-state index < -0.39 is 0 Å². The number of hydrogen-bond acceptors (Lipinski definition) is 2. The van der Waals surface area contributed by atoms with E-state index in [0.29, 0.717) is 5.02 Å². The van der Waals surface area contributed by atoms with E-state index in [1.807, 2.05) is 30.3 Å². The van der Waals surface area contributed by atoms with Gasteiger partial charge in [-0.25, -0.2) is 0 Å². The molecule has 1 N–H and O–H groups in total. The Bertz CT molecular complexity index is 711. The Morgan fingerprint density at radius 1 is 0.950 bits per heavy atom. The number of halogens is 1. The van der Waals surface area contributed by atoms with Crippen LogP contribution >= 0.6 is 11.6 Å². The molecule has 3 aromatic rings. The average Bonchev–Trinajstić information content (AvgIpc) is 2.51. The van der Waals surface area contributed by atoms with Crippen LogP contribution in [0.2, 0.25) is 5.02 Å². The van der Waals surface area contributed by atoms with Crippen molar-refractivity contribution in [1.29, 1.82) is 0 Å². The van der Waals surface area contributed by atoms with Crippen molar-refractivity contribution >= 4 is 28.2 Å². The zero-order chi connectivity index (χ0) is 13.8. The van der Waals surface area contributed by atoms with Gasteiger partial charge in [-0.1, -0.05) is 41.9 Å². The molecule has 0 unspecified atom stereocenters. The Morgan fingerprint density at radius 2 is 1.80 bits per heavy atom. The summed E-state index contributed by atoms with van der Waals surface area (Å²) in [6, 6.07) is 18.3. The van der Waals surface area contributed by atoms with Crippen molar-refractivity contribution in [3.05, 3.63) is 71.4 Å². The van der Waals surface area contributed by atoms with Crippen LogP contribution in [-0.4, -0.2) is 11.5 Å². The summed E-state index contributed by atoms with van der Waals surface area (Å²) in [6.07, 6.45) is 2.76. The van der Waals surface area contributed by atoms with Gasteiger partial charge >= 0.3 is 0 Å². The smallest absolute Gasteiger partial charge is 0.0908 e. The molecular formula is C17H15ClN2. The molecule has 3 rings (SSSR count). The van der Waals surface area contributed by atoms with Crippen molar-refractivity contribution in [3.8, 4) is 0 Å². The van der Waals surface area contributed by atoms with Crippen molar-refractivity contribution in [2.75, 3.05) is 11.9 Å². The van der Waals surface area contributed by atoms with Crippen LogP contribution in [0.4, 0.5) is 5.69 Å². The minimum absolute atomic E-state index is 0.689. The maximum atomic E-state index is 6.17. The van der Waals surface area contributed by atoms with Crippen LogP contribution in [0.5, 0.6) is 0 Å². The Morgan fingerprint density at radius 3 is 2.65 bits per heavy atom. The summed E-state index contributed by atoms with van der Waals surface area (Å²) >= 11 is 6.17. The van der Waals surface area contributed by atoms with Gasteiger partial charge in [-0.15, -0.1) is 0 Å².